The summed E-state index contributed by atoms with van der Waals surface area (Å²) in [5.41, 5.74) is 4.73. The van der Waals surface area contributed by atoms with Gasteiger partial charge in [0, 0.05) is 12.5 Å². The summed E-state index contributed by atoms with van der Waals surface area (Å²) in [4.78, 5) is 15.9. The number of phenols is 1. The first-order valence-electron chi connectivity index (χ1n) is 8.75. The van der Waals surface area contributed by atoms with Crippen LogP contribution in [0.4, 0.5) is 14.5 Å². The highest BCUT2D eigenvalue weighted by Gasteiger charge is 2.14. The minimum atomic E-state index is -0.353. The molecule has 0 spiro atoms. The summed E-state index contributed by atoms with van der Waals surface area (Å²) in [5.74, 6) is -0.161. The summed E-state index contributed by atoms with van der Waals surface area (Å²) in [7, 11) is 0. The van der Waals surface area contributed by atoms with Crippen molar-refractivity contribution < 1.29 is 19.0 Å². The number of aromatic nitrogens is 1. The molecule has 1 aromatic heterocycles. The summed E-state index contributed by atoms with van der Waals surface area (Å²) in [6.07, 6.45) is 1.55. The van der Waals surface area contributed by atoms with E-state index in [1.54, 1.807) is 30.5 Å². The fourth-order valence-electron chi connectivity index (χ4n) is 2.46. The van der Waals surface area contributed by atoms with Gasteiger partial charge in [-0.1, -0.05) is 11.3 Å². The molecule has 1 heterocycles. The van der Waals surface area contributed by atoms with Crippen LogP contribution in [0, 0.1) is 5.82 Å². The number of hydrogen-bond acceptors (Lipinski definition) is 7. The van der Waals surface area contributed by atoms with Gasteiger partial charge in [-0.2, -0.15) is 5.10 Å². The van der Waals surface area contributed by atoms with Gasteiger partial charge in [0.1, 0.15) is 16.5 Å². The quantitative estimate of drug-likeness (QED) is 0.392. The number of aromatic hydroxyl groups is 1. The molecule has 29 heavy (non-hydrogen) atoms. The molecule has 3 N–H and O–H groups in total. The molecule has 0 aliphatic carbocycles. The molecule has 0 fully saturated rings. The average molecular weight is 414 g/mol. The normalized spacial score (nSPS) is 10.9. The Morgan fingerprint density at radius 3 is 2.76 bits per heavy atom. The summed E-state index contributed by atoms with van der Waals surface area (Å²) in [6, 6.07) is 10.7. The Kier molecular flexibility index (Phi) is 6.40. The van der Waals surface area contributed by atoms with Crippen molar-refractivity contribution in [1.29, 1.82) is 0 Å². The molecule has 0 aliphatic rings. The maximum Gasteiger partial charge on any atom is 0.221 e. The molecule has 9 heteroatoms. The number of halogens is 1. The second-order valence-corrected chi connectivity index (χ2v) is 6.91. The summed E-state index contributed by atoms with van der Waals surface area (Å²) < 4.78 is 18.6. The van der Waals surface area contributed by atoms with E-state index in [-0.39, 0.29) is 17.5 Å². The fraction of sp³-hybridized carbons (Fsp3) is 0.150. The molecule has 0 radical (unpaired) electrons. The molecule has 1 amide bonds. The second-order valence-electron chi connectivity index (χ2n) is 5.92. The number of thiazole rings is 1. The van der Waals surface area contributed by atoms with Crippen molar-refractivity contribution >= 4 is 33.6 Å². The number of ether oxygens (including phenoxy) is 1. The highest BCUT2D eigenvalue weighted by molar-refractivity contribution is 7.20. The third-order valence-electron chi connectivity index (χ3n) is 3.69. The highest BCUT2D eigenvalue weighted by atomic mass is 32.1. The first-order valence-corrected chi connectivity index (χ1v) is 9.57. The number of phenolic OH excluding ortho intramolecular Hbond substituents is 1. The van der Waals surface area contributed by atoms with Gasteiger partial charge < -0.3 is 15.2 Å². The predicted molar refractivity (Wildman–Crippen MR) is 112 cm³/mol. The first kappa shape index (κ1) is 20.3. The van der Waals surface area contributed by atoms with E-state index in [1.807, 2.05) is 6.92 Å². The Morgan fingerprint density at radius 2 is 2.07 bits per heavy atom. The molecule has 0 unspecified atom stereocenters. The van der Waals surface area contributed by atoms with Gasteiger partial charge in [-0.25, -0.2) is 9.37 Å². The number of anilines is 2. The SMILES string of the molecule is CCOc1cc(/C=N\Nc2nc(-c3ccc(F)cc3)c(NC(C)=O)s2)ccc1O. The number of benzene rings is 2. The minimum absolute atomic E-state index is 0.0563. The molecule has 150 valence electrons. The van der Waals surface area contributed by atoms with E-state index < -0.39 is 0 Å². The number of nitrogens with zero attached hydrogens (tertiary/aromatic N) is 2. The van der Waals surface area contributed by atoms with Gasteiger partial charge in [0.2, 0.25) is 11.0 Å². The number of hydrogen-bond donors (Lipinski definition) is 3. The van der Waals surface area contributed by atoms with Crippen LogP contribution in [0.3, 0.4) is 0 Å². The lowest BCUT2D eigenvalue weighted by Crippen LogP contribution is -2.05. The Morgan fingerprint density at radius 1 is 1.31 bits per heavy atom. The number of nitrogens with one attached hydrogen (secondary N) is 2. The van der Waals surface area contributed by atoms with Crippen LogP contribution in [-0.4, -0.2) is 28.8 Å². The van der Waals surface area contributed by atoms with Crippen molar-refractivity contribution in [2.75, 3.05) is 17.3 Å². The third-order valence-corrected chi connectivity index (χ3v) is 4.57. The van der Waals surface area contributed by atoms with E-state index in [2.05, 4.69) is 20.8 Å². The lowest BCUT2D eigenvalue weighted by Gasteiger charge is -2.05. The van der Waals surface area contributed by atoms with Gasteiger partial charge in [0.25, 0.3) is 0 Å². The first-order chi connectivity index (χ1) is 14.0. The van der Waals surface area contributed by atoms with Crippen LogP contribution in [0.1, 0.15) is 19.4 Å². The lowest BCUT2D eigenvalue weighted by atomic mass is 10.1. The fourth-order valence-corrected chi connectivity index (χ4v) is 3.34. The monoisotopic (exact) mass is 414 g/mol. The maximum atomic E-state index is 13.2. The van der Waals surface area contributed by atoms with Crippen LogP contribution in [0.15, 0.2) is 47.6 Å². The molecule has 0 atom stereocenters. The average Bonchev–Trinajstić information content (AvgIpc) is 3.07. The Labute approximate surface area is 170 Å². The lowest BCUT2D eigenvalue weighted by molar-refractivity contribution is -0.114. The minimum Gasteiger partial charge on any atom is -0.504 e. The molecule has 7 nitrogen and oxygen atoms in total. The van der Waals surface area contributed by atoms with Crippen molar-refractivity contribution in [3.63, 3.8) is 0 Å². The van der Waals surface area contributed by atoms with Crippen LogP contribution in [0.5, 0.6) is 11.5 Å². The molecule has 0 saturated carbocycles. The maximum absolute atomic E-state index is 13.2. The van der Waals surface area contributed by atoms with Crippen molar-refractivity contribution in [2.45, 2.75) is 13.8 Å². The van der Waals surface area contributed by atoms with Gasteiger partial charge in [0.15, 0.2) is 11.5 Å². The van der Waals surface area contributed by atoms with Crippen molar-refractivity contribution in [2.24, 2.45) is 5.10 Å². The topological polar surface area (TPSA) is 95.8 Å². The number of carbonyl (C=O) groups excluding carboxylic acids is 1. The molecular formula is C20H19FN4O3S. The summed E-state index contributed by atoms with van der Waals surface area (Å²) in [5, 5.41) is 17.6. The molecule has 3 rings (SSSR count). The smallest absolute Gasteiger partial charge is 0.221 e. The van der Waals surface area contributed by atoms with E-state index in [9.17, 15) is 14.3 Å². The Bertz CT molecular complexity index is 1030. The zero-order valence-electron chi connectivity index (χ0n) is 15.8. The molecule has 0 aliphatic heterocycles. The number of hydrazone groups is 1. The van der Waals surface area contributed by atoms with Crippen LogP contribution in [0.25, 0.3) is 11.3 Å². The van der Waals surface area contributed by atoms with Gasteiger partial charge >= 0.3 is 0 Å². The molecule has 2 aromatic carbocycles. The second kappa shape index (κ2) is 9.16. The zero-order chi connectivity index (χ0) is 20.8. The van der Waals surface area contributed by atoms with Gasteiger partial charge in [-0.15, -0.1) is 0 Å². The molecule has 0 saturated heterocycles. The van der Waals surface area contributed by atoms with Gasteiger partial charge in [-0.3, -0.25) is 10.2 Å². The van der Waals surface area contributed by atoms with E-state index in [0.717, 1.165) is 5.56 Å². The predicted octanol–water partition coefficient (Wildman–Crippen LogP) is 4.46. The zero-order valence-corrected chi connectivity index (χ0v) is 16.6. The van der Waals surface area contributed by atoms with E-state index in [4.69, 9.17) is 4.74 Å². The number of carbonyl (C=O) groups is 1. The molecule has 3 aromatic rings. The van der Waals surface area contributed by atoms with Crippen LogP contribution >= 0.6 is 11.3 Å². The van der Waals surface area contributed by atoms with E-state index in [0.29, 0.717) is 33.7 Å². The standard InChI is InChI=1S/C20H19FN4O3S/c1-3-28-17-10-13(4-9-16(17)27)11-22-25-20-24-18(19(29-20)23-12(2)26)14-5-7-15(21)8-6-14/h4-11,27H,3H2,1-2H3,(H,23,26)(H,24,25)/b22-11-. The summed E-state index contributed by atoms with van der Waals surface area (Å²) in [6.45, 7) is 3.67. The van der Waals surface area contributed by atoms with Crippen molar-refractivity contribution in [3.05, 3.63) is 53.8 Å². The molecule has 0 bridgehead atoms. The van der Waals surface area contributed by atoms with Crippen molar-refractivity contribution in [1.82, 2.24) is 4.98 Å². The van der Waals surface area contributed by atoms with Gasteiger partial charge in [0.05, 0.1) is 12.8 Å². The Hall–Kier alpha value is -3.46. The van der Waals surface area contributed by atoms with Gasteiger partial charge in [-0.05, 0) is 55.0 Å². The Balaban J connectivity index is 1.80. The number of amides is 1. The third kappa shape index (κ3) is 5.29. The highest BCUT2D eigenvalue weighted by Crippen LogP contribution is 2.36. The number of rotatable bonds is 7. The van der Waals surface area contributed by atoms with Crippen LogP contribution < -0.4 is 15.5 Å². The van der Waals surface area contributed by atoms with E-state index in [1.165, 1.54) is 36.5 Å². The summed E-state index contributed by atoms with van der Waals surface area (Å²) >= 11 is 1.21. The largest absolute Gasteiger partial charge is 0.504 e. The molecular weight excluding hydrogens is 395 g/mol. The van der Waals surface area contributed by atoms with E-state index >= 15 is 0 Å². The van der Waals surface area contributed by atoms with Crippen molar-refractivity contribution in [3.8, 4) is 22.8 Å². The van der Waals surface area contributed by atoms with Crippen LogP contribution in [-0.2, 0) is 4.79 Å². The van der Waals surface area contributed by atoms with Crippen LogP contribution in [0.2, 0.25) is 0 Å².